The molecule has 3 aliphatic rings. The van der Waals surface area contributed by atoms with Gasteiger partial charge < -0.3 is 14.4 Å². The van der Waals surface area contributed by atoms with Crippen LogP contribution < -0.4 is 4.90 Å². The van der Waals surface area contributed by atoms with Gasteiger partial charge in [-0.25, -0.2) is 0 Å². The van der Waals surface area contributed by atoms with Gasteiger partial charge in [-0.2, -0.15) is 13.2 Å². The second kappa shape index (κ2) is 6.95. The molecule has 5 nitrogen and oxygen atoms in total. The molecule has 2 bridgehead atoms. The lowest BCUT2D eigenvalue weighted by atomic mass is 9.77. The molecule has 1 amide bonds. The maximum absolute atomic E-state index is 13.2. The lowest BCUT2D eigenvalue weighted by Crippen LogP contribution is -2.40. The van der Waals surface area contributed by atoms with Crippen LogP contribution in [0.5, 0.6) is 0 Å². The Kier molecular flexibility index (Phi) is 4.44. The minimum Gasteiger partial charge on any atom is -0.460 e. The van der Waals surface area contributed by atoms with Crippen molar-refractivity contribution in [1.82, 2.24) is 0 Å². The molecule has 160 valence electrons. The summed E-state index contributed by atoms with van der Waals surface area (Å²) in [5.74, 6) is -2.66. The number of benzene rings is 2. The van der Waals surface area contributed by atoms with E-state index in [1.807, 2.05) is 30.3 Å². The molecule has 3 aliphatic heterocycles. The first-order valence-electron chi connectivity index (χ1n) is 9.85. The van der Waals surface area contributed by atoms with Crippen LogP contribution in [0.3, 0.4) is 0 Å². The van der Waals surface area contributed by atoms with Crippen LogP contribution in [-0.4, -0.2) is 30.1 Å². The van der Waals surface area contributed by atoms with E-state index >= 15 is 0 Å². The lowest BCUT2D eigenvalue weighted by Gasteiger charge is -2.22. The third-order valence-electron chi connectivity index (χ3n) is 6.08. The normalized spacial score (nSPS) is 28.8. The summed E-state index contributed by atoms with van der Waals surface area (Å²) in [5.41, 5.74) is -0.937. The van der Waals surface area contributed by atoms with Gasteiger partial charge in [0.1, 0.15) is 18.1 Å². The average molecular weight is 429 g/mol. The quantitative estimate of drug-likeness (QED) is 0.549. The molecule has 0 aromatic heterocycles. The zero-order valence-electron chi connectivity index (χ0n) is 16.2. The van der Waals surface area contributed by atoms with Gasteiger partial charge in [-0.05, 0) is 23.8 Å². The van der Waals surface area contributed by atoms with Gasteiger partial charge in [0.05, 0.1) is 24.1 Å². The summed E-state index contributed by atoms with van der Waals surface area (Å²) in [6.07, 6.45) is -1.63. The number of hydrogen-bond acceptors (Lipinski definition) is 4. The van der Waals surface area contributed by atoms with Crippen LogP contribution in [0.2, 0.25) is 0 Å². The molecule has 31 heavy (non-hydrogen) atoms. The van der Waals surface area contributed by atoms with E-state index < -0.39 is 47.2 Å². The van der Waals surface area contributed by atoms with E-state index in [1.165, 1.54) is 17.0 Å². The van der Waals surface area contributed by atoms with Crippen molar-refractivity contribution in [3.8, 4) is 0 Å². The van der Waals surface area contributed by atoms with E-state index in [9.17, 15) is 22.8 Å². The topological polar surface area (TPSA) is 55.8 Å². The van der Waals surface area contributed by atoms with Gasteiger partial charge in [-0.1, -0.05) is 48.6 Å². The van der Waals surface area contributed by atoms with Crippen molar-refractivity contribution >= 4 is 17.6 Å². The van der Waals surface area contributed by atoms with Gasteiger partial charge in [0.25, 0.3) is 0 Å². The fourth-order valence-electron chi connectivity index (χ4n) is 4.66. The Labute approximate surface area is 176 Å². The fraction of sp³-hybridized carbons (Fsp3) is 0.304. The predicted molar refractivity (Wildman–Crippen MR) is 104 cm³/mol. The van der Waals surface area contributed by atoms with Crippen molar-refractivity contribution in [3.05, 3.63) is 77.9 Å². The van der Waals surface area contributed by atoms with Gasteiger partial charge in [0, 0.05) is 5.69 Å². The number of nitrogens with zero attached hydrogens (tertiary/aromatic N) is 1. The van der Waals surface area contributed by atoms with E-state index in [0.29, 0.717) is 0 Å². The summed E-state index contributed by atoms with van der Waals surface area (Å²) in [7, 11) is 0. The SMILES string of the molecule is O=C(OCc1ccccc1)[C@H]1[C@H]2C=C[C@@]3(CN(c4cccc(C(F)(F)F)c4)C(=O)[C@@H]13)O2. The standard InChI is InChI=1S/C23H18F3NO4/c24-23(25,26)15-7-4-8-16(11-15)27-13-22-10-9-17(31-22)18(19(22)20(27)28)21(29)30-12-14-5-2-1-3-6-14/h1-11,17-19H,12-13H2/t17-,18+,19-,22+/m1/s1. The number of esters is 1. The van der Waals surface area contributed by atoms with E-state index in [-0.39, 0.29) is 18.8 Å². The largest absolute Gasteiger partial charge is 0.460 e. The molecule has 1 spiro atoms. The Balaban J connectivity index is 1.39. The third kappa shape index (κ3) is 3.22. The molecule has 0 N–H and O–H groups in total. The molecule has 0 aliphatic carbocycles. The molecule has 5 rings (SSSR count). The van der Waals surface area contributed by atoms with Crippen LogP contribution in [0, 0.1) is 11.8 Å². The Morgan fingerprint density at radius 2 is 1.94 bits per heavy atom. The number of fused-ring (bicyclic) bond motifs is 1. The third-order valence-corrected chi connectivity index (χ3v) is 6.08. The molecule has 4 atom stereocenters. The average Bonchev–Trinajstić information content (AvgIpc) is 3.40. The Hall–Kier alpha value is -3.13. The maximum Gasteiger partial charge on any atom is 0.416 e. The zero-order chi connectivity index (χ0) is 21.8. The van der Waals surface area contributed by atoms with Crippen LogP contribution in [-0.2, 0) is 31.8 Å². The number of alkyl halides is 3. The molecule has 0 radical (unpaired) electrons. The summed E-state index contributed by atoms with van der Waals surface area (Å²) < 4.78 is 50.8. The first kappa shape index (κ1) is 19.8. The number of amides is 1. The van der Waals surface area contributed by atoms with E-state index in [0.717, 1.165) is 17.7 Å². The van der Waals surface area contributed by atoms with Crippen molar-refractivity contribution < 1.29 is 32.2 Å². The van der Waals surface area contributed by atoms with Crippen LogP contribution in [0.15, 0.2) is 66.7 Å². The highest BCUT2D eigenvalue weighted by Crippen LogP contribution is 2.53. The Bertz CT molecular complexity index is 1070. The highest BCUT2D eigenvalue weighted by atomic mass is 19.4. The molecule has 2 saturated heterocycles. The van der Waals surface area contributed by atoms with E-state index in [4.69, 9.17) is 9.47 Å². The van der Waals surface area contributed by atoms with Crippen LogP contribution in [0.25, 0.3) is 0 Å². The predicted octanol–water partition coefficient (Wildman–Crippen LogP) is 3.74. The Morgan fingerprint density at radius 3 is 2.68 bits per heavy atom. The minimum absolute atomic E-state index is 0.0489. The summed E-state index contributed by atoms with van der Waals surface area (Å²) in [6.45, 7) is 0.116. The number of anilines is 1. The van der Waals surface area contributed by atoms with Crippen molar-refractivity contribution in [1.29, 1.82) is 0 Å². The van der Waals surface area contributed by atoms with Gasteiger partial charge in [-0.15, -0.1) is 0 Å². The van der Waals surface area contributed by atoms with Gasteiger partial charge in [-0.3, -0.25) is 9.59 Å². The molecule has 8 heteroatoms. The molecule has 0 saturated carbocycles. The minimum atomic E-state index is -4.52. The highest BCUT2D eigenvalue weighted by molar-refractivity contribution is 6.02. The molecule has 2 aromatic rings. The van der Waals surface area contributed by atoms with E-state index in [1.54, 1.807) is 12.2 Å². The maximum atomic E-state index is 13.2. The highest BCUT2D eigenvalue weighted by Gasteiger charge is 2.67. The number of carbonyl (C=O) groups is 2. The van der Waals surface area contributed by atoms with Crippen LogP contribution >= 0.6 is 0 Å². The van der Waals surface area contributed by atoms with Crippen molar-refractivity contribution in [3.63, 3.8) is 0 Å². The van der Waals surface area contributed by atoms with Gasteiger partial charge in [0.2, 0.25) is 5.91 Å². The van der Waals surface area contributed by atoms with Gasteiger partial charge >= 0.3 is 12.1 Å². The summed E-state index contributed by atoms with van der Waals surface area (Å²) in [5, 5.41) is 0. The summed E-state index contributed by atoms with van der Waals surface area (Å²) >= 11 is 0. The molecular formula is C23H18F3NO4. The molecule has 0 unspecified atom stereocenters. The molecule has 3 heterocycles. The fourth-order valence-corrected chi connectivity index (χ4v) is 4.66. The summed E-state index contributed by atoms with van der Waals surface area (Å²) in [4.78, 5) is 27.4. The summed E-state index contributed by atoms with van der Waals surface area (Å²) in [6, 6.07) is 13.8. The molecule has 2 aromatic carbocycles. The Morgan fingerprint density at radius 1 is 1.16 bits per heavy atom. The van der Waals surface area contributed by atoms with Crippen molar-refractivity contribution in [2.24, 2.45) is 11.8 Å². The van der Waals surface area contributed by atoms with Crippen LogP contribution in [0.1, 0.15) is 11.1 Å². The first-order valence-corrected chi connectivity index (χ1v) is 9.85. The second-order valence-corrected chi connectivity index (χ2v) is 7.97. The number of hydrogen-bond donors (Lipinski definition) is 0. The number of rotatable bonds is 4. The smallest absolute Gasteiger partial charge is 0.416 e. The van der Waals surface area contributed by atoms with Crippen molar-refractivity contribution in [2.75, 3.05) is 11.4 Å². The molecule has 2 fully saturated rings. The monoisotopic (exact) mass is 429 g/mol. The van der Waals surface area contributed by atoms with Crippen LogP contribution in [0.4, 0.5) is 18.9 Å². The van der Waals surface area contributed by atoms with E-state index in [2.05, 4.69) is 0 Å². The second-order valence-electron chi connectivity index (χ2n) is 7.97. The first-order chi connectivity index (χ1) is 14.8. The number of ether oxygens (including phenoxy) is 2. The zero-order valence-corrected chi connectivity index (χ0v) is 16.2. The van der Waals surface area contributed by atoms with Crippen molar-refractivity contribution in [2.45, 2.75) is 24.5 Å². The molecular weight excluding hydrogens is 411 g/mol. The number of carbonyl (C=O) groups excluding carboxylic acids is 2. The van der Waals surface area contributed by atoms with Gasteiger partial charge in [0.15, 0.2) is 0 Å². The number of halogens is 3. The lowest BCUT2D eigenvalue weighted by molar-refractivity contribution is -0.153.